The van der Waals surface area contributed by atoms with Crippen molar-refractivity contribution in [2.24, 2.45) is 5.92 Å². The maximum absolute atomic E-state index is 13.2. The Balaban J connectivity index is 1.71. The normalized spacial score (nSPS) is 31.0. The number of piperidine rings is 1. The molecule has 0 aromatic rings. The third-order valence-electron chi connectivity index (χ3n) is 5.75. The lowest BCUT2D eigenvalue weighted by Gasteiger charge is -2.39. The maximum atomic E-state index is 13.2. The molecule has 4 aliphatic heterocycles. The van der Waals surface area contributed by atoms with Crippen LogP contribution in [0.2, 0.25) is 0 Å². The van der Waals surface area contributed by atoms with Crippen LogP contribution < -0.4 is 0 Å². The molecule has 0 aromatic heterocycles. The number of amides is 3. The minimum absolute atomic E-state index is 0.0282. The molecule has 4 aliphatic rings. The molecule has 2 bridgehead atoms. The number of urea groups is 1. The molecule has 6 nitrogen and oxygen atoms in total. The Morgan fingerprint density at radius 2 is 2.27 bits per heavy atom. The van der Waals surface area contributed by atoms with Gasteiger partial charge in [-0.05, 0) is 38.5 Å². The summed E-state index contributed by atoms with van der Waals surface area (Å²) in [5.41, 5.74) is 0. The third-order valence-corrected chi connectivity index (χ3v) is 7.24. The number of nitrogens with zero attached hydrogens (tertiary/aromatic N) is 3. The highest BCUT2D eigenvalue weighted by Crippen LogP contribution is 2.36. The molecule has 2 unspecified atom stereocenters. The lowest BCUT2D eigenvalue weighted by molar-refractivity contribution is -0.121. The first-order valence-corrected chi connectivity index (χ1v) is 10.8. The van der Waals surface area contributed by atoms with Crippen molar-refractivity contribution < 1.29 is 14.7 Å². The van der Waals surface area contributed by atoms with Gasteiger partial charge >= 0.3 is 6.03 Å². The molecule has 4 rings (SSSR count). The van der Waals surface area contributed by atoms with Crippen molar-refractivity contribution in [3.63, 3.8) is 0 Å². The summed E-state index contributed by atoms with van der Waals surface area (Å²) < 4.78 is 0.0772. The van der Waals surface area contributed by atoms with Crippen molar-refractivity contribution in [3.8, 4) is 0 Å². The van der Waals surface area contributed by atoms with Gasteiger partial charge in [0.15, 0.2) is 0 Å². The van der Waals surface area contributed by atoms with Gasteiger partial charge in [-0.3, -0.25) is 4.79 Å². The highest BCUT2D eigenvalue weighted by Gasteiger charge is 2.43. The van der Waals surface area contributed by atoms with Gasteiger partial charge in [-0.15, -0.1) is 23.4 Å². The number of halogens is 1. The summed E-state index contributed by atoms with van der Waals surface area (Å²) >= 11 is 7.79. The zero-order valence-electron chi connectivity index (χ0n) is 15.2. The topological polar surface area (TPSA) is 64.1 Å². The molecule has 0 saturated carbocycles. The van der Waals surface area contributed by atoms with Crippen LogP contribution in [0.15, 0.2) is 11.0 Å². The van der Waals surface area contributed by atoms with Crippen molar-refractivity contribution in [3.05, 3.63) is 11.0 Å². The number of hydrogen-bond donors (Lipinski definition) is 1. The number of rotatable bonds is 6. The van der Waals surface area contributed by atoms with E-state index < -0.39 is 0 Å². The van der Waals surface area contributed by atoms with E-state index in [1.165, 1.54) is 0 Å². The molecule has 3 saturated heterocycles. The van der Waals surface area contributed by atoms with Gasteiger partial charge in [0.25, 0.3) is 0 Å². The van der Waals surface area contributed by atoms with E-state index in [1.807, 2.05) is 16.7 Å². The summed E-state index contributed by atoms with van der Waals surface area (Å²) in [4.78, 5) is 31.6. The Hall–Kier alpha value is -0.920. The number of alkyl halides is 1. The number of aliphatic hydroxyl groups excluding tert-OH is 1. The van der Waals surface area contributed by atoms with E-state index >= 15 is 0 Å². The number of allylic oxidation sites excluding steroid dienone is 1. The van der Waals surface area contributed by atoms with Crippen LogP contribution in [0.1, 0.15) is 32.6 Å². The Bertz CT molecular complexity index is 562. The predicted octanol–water partition coefficient (Wildman–Crippen LogP) is 2.32. The SMILES string of the molecule is CCN(CC1=CCC(Cl)S1)C(=O)N1C[C@@H]2CCC1CN(C=O)[C@@H]2CCO. The first-order chi connectivity index (χ1) is 12.6. The number of aliphatic hydroxyl groups is 1. The van der Waals surface area contributed by atoms with Crippen LogP contribution in [-0.4, -0.2) is 81.8 Å². The van der Waals surface area contributed by atoms with Crippen molar-refractivity contribution in [1.82, 2.24) is 14.7 Å². The second-order valence-corrected chi connectivity index (χ2v) is 9.37. The summed E-state index contributed by atoms with van der Waals surface area (Å²) in [5, 5.41) is 9.38. The van der Waals surface area contributed by atoms with E-state index in [4.69, 9.17) is 11.6 Å². The molecule has 146 valence electrons. The Labute approximate surface area is 164 Å². The van der Waals surface area contributed by atoms with Gasteiger partial charge in [0.1, 0.15) is 0 Å². The monoisotopic (exact) mass is 401 g/mol. The van der Waals surface area contributed by atoms with Gasteiger partial charge in [-0.25, -0.2) is 4.79 Å². The van der Waals surface area contributed by atoms with Crippen LogP contribution in [0.4, 0.5) is 4.79 Å². The molecule has 26 heavy (non-hydrogen) atoms. The molecule has 3 fully saturated rings. The van der Waals surface area contributed by atoms with Crippen molar-refractivity contribution in [1.29, 1.82) is 0 Å². The molecular formula is C18H28ClN3O3S. The fourth-order valence-corrected chi connectivity index (χ4v) is 5.75. The fourth-order valence-electron chi connectivity index (χ4n) is 4.37. The number of carbonyl (C=O) groups excluding carboxylic acids is 2. The minimum Gasteiger partial charge on any atom is -0.396 e. The van der Waals surface area contributed by atoms with Crippen LogP contribution in [0.5, 0.6) is 0 Å². The summed E-state index contributed by atoms with van der Waals surface area (Å²) in [6, 6.07) is 0.144. The van der Waals surface area contributed by atoms with Crippen molar-refractivity contribution >= 4 is 35.8 Å². The van der Waals surface area contributed by atoms with E-state index in [0.29, 0.717) is 32.6 Å². The van der Waals surface area contributed by atoms with Crippen LogP contribution in [0.3, 0.4) is 0 Å². The smallest absolute Gasteiger partial charge is 0.320 e. The summed E-state index contributed by atoms with van der Waals surface area (Å²) in [5.74, 6) is 0.237. The zero-order chi connectivity index (χ0) is 18.7. The Morgan fingerprint density at radius 3 is 2.88 bits per heavy atom. The molecule has 8 heteroatoms. The van der Waals surface area contributed by atoms with Gasteiger partial charge < -0.3 is 19.8 Å². The lowest BCUT2D eigenvalue weighted by Crippen LogP contribution is -2.53. The van der Waals surface area contributed by atoms with E-state index in [9.17, 15) is 14.7 Å². The number of likely N-dealkylation sites (N-methyl/N-ethyl adjacent to an activating group) is 1. The van der Waals surface area contributed by atoms with E-state index in [1.54, 1.807) is 16.7 Å². The third kappa shape index (κ3) is 4.15. The van der Waals surface area contributed by atoms with Gasteiger partial charge in [-0.2, -0.15) is 0 Å². The van der Waals surface area contributed by atoms with Crippen LogP contribution in [-0.2, 0) is 4.79 Å². The van der Waals surface area contributed by atoms with E-state index in [0.717, 1.165) is 30.6 Å². The van der Waals surface area contributed by atoms with Gasteiger partial charge in [0.05, 0.1) is 17.3 Å². The molecule has 3 amide bonds. The van der Waals surface area contributed by atoms with Crippen LogP contribution in [0.25, 0.3) is 0 Å². The first-order valence-electron chi connectivity index (χ1n) is 9.44. The molecule has 1 N–H and O–H groups in total. The average Bonchev–Trinajstić information content (AvgIpc) is 2.91. The maximum Gasteiger partial charge on any atom is 0.320 e. The molecular weight excluding hydrogens is 374 g/mol. The van der Waals surface area contributed by atoms with Crippen molar-refractivity contribution in [2.75, 3.05) is 32.8 Å². The summed E-state index contributed by atoms with van der Waals surface area (Å²) in [6.45, 7) is 4.55. The summed E-state index contributed by atoms with van der Waals surface area (Å²) in [6.07, 6.45) is 6.36. The average molecular weight is 402 g/mol. The van der Waals surface area contributed by atoms with E-state index in [2.05, 4.69) is 6.08 Å². The highest BCUT2D eigenvalue weighted by atomic mass is 35.5. The number of carbonyl (C=O) groups is 2. The number of fused-ring (bicyclic) bond motifs is 4. The molecule has 0 aliphatic carbocycles. The van der Waals surface area contributed by atoms with Gasteiger partial charge in [0.2, 0.25) is 6.41 Å². The molecule has 0 radical (unpaired) electrons. The van der Waals surface area contributed by atoms with Crippen LogP contribution >= 0.6 is 23.4 Å². The zero-order valence-corrected chi connectivity index (χ0v) is 16.8. The Morgan fingerprint density at radius 1 is 1.46 bits per heavy atom. The molecule has 0 aromatic carbocycles. The van der Waals surface area contributed by atoms with Gasteiger partial charge in [0, 0.05) is 37.2 Å². The largest absolute Gasteiger partial charge is 0.396 e. The van der Waals surface area contributed by atoms with Gasteiger partial charge in [-0.1, -0.05) is 6.08 Å². The van der Waals surface area contributed by atoms with Crippen LogP contribution in [0, 0.1) is 5.92 Å². The predicted molar refractivity (Wildman–Crippen MR) is 104 cm³/mol. The minimum atomic E-state index is 0.0282. The Kier molecular flexibility index (Phi) is 6.75. The van der Waals surface area contributed by atoms with E-state index in [-0.39, 0.29) is 35.3 Å². The number of hydrogen-bond acceptors (Lipinski definition) is 4. The highest BCUT2D eigenvalue weighted by molar-refractivity contribution is 8.05. The molecule has 4 heterocycles. The molecule has 0 spiro atoms. The first kappa shape index (κ1) is 19.8. The quantitative estimate of drug-likeness (QED) is 0.548. The standard InChI is InChI=1S/C18H28ClN3O3S/c1-2-20(11-15-5-6-17(19)26-15)18(25)22-9-13-3-4-14(22)10-21(12-24)16(13)7-8-23/h5,12-14,16-17,23H,2-4,6-11H2,1H3/t13-,14?,16+,17?/m0/s1. The van der Waals surface area contributed by atoms with Crippen molar-refractivity contribution in [2.45, 2.75) is 49.4 Å². The second kappa shape index (κ2) is 8.85. The second-order valence-electron chi connectivity index (χ2n) is 7.26. The summed E-state index contributed by atoms with van der Waals surface area (Å²) in [7, 11) is 0. The lowest BCUT2D eigenvalue weighted by atomic mass is 9.88. The molecule has 4 atom stereocenters. The number of thioether (sulfide) groups is 1. The fraction of sp³-hybridized carbons (Fsp3) is 0.778.